The Morgan fingerprint density at radius 2 is 2.17 bits per heavy atom. The second-order valence-corrected chi connectivity index (χ2v) is 5.06. The fraction of sp³-hybridized carbons (Fsp3) is 0.214. The van der Waals surface area contributed by atoms with Crippen molar-refractivity contribution >= 4 is 21.8 Å². The normalized spacial score (nSPS) is 10.4. The number of nitrogens with zero attached hydrogens (tertiary/aromatic N) is 1. The Hall–Kier alpha value is -1.55. The molecule has 0 aliphatic rings. The Bertz CT molecular complexity index is 549. The number of carbonyl (C=O) groups excluding carboxylic acids is 1. The molecule has 1 amide bonds. The number of hydrogen-bond donors (Lipinski definition) is 0. The molecule has 0 saturated carbocycles. The van der Waals surface area contributed by atoms with Gasteiger partial charge in [-0.25, -0.2) is 0 Å². The zero-order valence-electron chi connectivity index (χ0n) is 10.3. The maximum absolute atomic E-state index is 12.2. The summed E-state index contributed by atoms with van der Waals surface area (Å²) in [6, 6.07) is 9.26. The number of halogens is 1. The lowest BCUT2D eigenvalue weighted by molar-refractivity contribution is 0.0775. The lowest BCUT2D eigenvalue weighted by atomic mass is 10.1. The van der Waals surface area contributed by atoms with E-state index >= 15 is 0 Å². The SMILES string of the molecule is Cc1cc(C(=O)N(C)Cc2ccco2)ccc1Br. The Morgan fingerprint density at radius 3 is 2.78 bits per heavy atom. The van der Waals surface area contributed by atoms with Crippen molar-refractivity contribution in [2.45, 2.75) is 13.5 Å². The number of hydrogen-bond acceptors (Lipinski definition) is 2. The van der Waals surface area contributed by atoms with Gasteiger partial charge in [0.05, 0.1) is 12.8 Å². The molecule has 4 heteroatoms. The predicted octanol–water partition coefficient (Wildman–Crippen LogP) is 3.62. The number of furan rings is 1. The summed E-state index contributed by atoms with van der Waals surface area (Å²) in [7, 11) is 1.77. The van der Waals surface area contributed by atoms with Crippen LogP contribution in [0.4, 0.5) is 0 Å². The molecule has 0 aliphatic heterocycles. The molecule has 0 radical (unpaired) electrons. The quantitative estimate of drug-likeness (QED) is 0.867. The first-order valence-electron chi connectivity index (χ1n) is 5.62. The van der Waals surface area contributed by atoms with E-state index in [9.17, 15) is 4.79 Å². The summed E-state index contributed by atoms with van der Waals surface area (Å²) in [6.07, 6.45) is 1.61. The van der Waals surface area contributed by atoms with Gasteiger partial charge in [0.15, 0.2) is 0 Å². The Labute approximate surface area is 115 Å². The van der Waals surface area contributed by atoms with Gasteiger partial charge >= 0.3 is 0 Å². The first-order chi connectivity index (χ1) is 8.58. The first kappa shape index (κ1) is 12.9. The third-order valence-electron chi connectivity index (χ3n) is 2.72. The Kier molecular flexibility index (Phi) is 3.87. The van der Waals surface area contributed by atoms with Gasteiger partial charge in [0.2, 0.25) is 0 Å². The molecular weight excluding hydrogens is 294 g/mol. The summed E-state index contributed by atoms with van der Waals surface area (Å²) < 4.78 is 6.24. The monoisotopic (exact) mass is 307 g/mol. The smallest absolute Gasteiger partial charge is 0.254 e. The molecule has 0 spiro atoms. The van der Waals surface area contributed by atoms with E-state index in [4.69, 9.17) is 4.42 Å². The predicted molar refractivity (Wildman–Crippen MR) is 73.4 cm³/mol. The summed E-state index contributed by atoms with van der Waals surface area (Å²) in [5.41, 5.74) is 1.73. The fourth-order valence-electron chi connectivity index (χ4n) is 1.71. The van der Waals surface area contributed by atoms with E-state index in [0.29, 0.717) is 12.1 Å². The van der Waals surface area contributed by atoms with E-state index in [1.54, 1.807) is 18.2 Å². The molecule has 3 nitrogen and oxygen atoms in total. The van der Waals surface area contributed by atoms with Crippen LogP contribution in [0.2, 0.25) is 0 Å². The second-order valence-electron chi connectivity index (χ2n) is 4.20. The van der Waals surface area contributed by atoms with Crippen LogP contribution in [0.25, 0.3) is 0 Å². The van der Waals surface area contributed by atoms with E-state index in [0.717, 1.165) is 15.8 Å². The zero-order chi connectivity index (χ0) is 13.1. The molecule has 2 rings (SSSR count). The van der Waals surface area contributed by atoms with Crippen LogP contribution in [0, 0.1) is 6.92 Å². The lowest BCUT2D eigenvalue weighted by Gasteiger charge is -2.16. The lowest BCUT2D eigenvalue weighted by Crippen LogP contribution is -2.26. The van der Waals surface area contributed by atoms with Gasteiger partial charge < -0.3 is 9.32 Å². The van der Waals surface area contributed by atoms with E-state index in [2.05, 4.69) is 15.9 Å². The van der Waals surface area contributed by atoms with Crippen molar-refractivity contribution in [3.63, 3.8) is 0 Å². The third-order valence-corrected chi connectivity index (χ3v) is 3.61. The van der Waals surface area contributed by atoms with Crippen molar-refractivity contribution < 1.29 is 9.21 Å². The van der Waals surface area contributed by atoms with Crippen molar-refractivity contribution in [3.05, 3.63) is 58.0 Å². The van der Waals surface area contributed by atoms with E-state index in [1.165, 1.54) is 0 Å². The maximum atomic E-state index is 12.2. The highest BCUT2D eigenvalue weighted by Crippen LogP contribution is 2.18. The van der Waals surface area contributed by atoms with Gasteiger partial charge in [-0.05, 0) is 42.8 Å². The molecule has 1 heterocycles. The van der Waals surface area contributed by atoms with Crippen molar-refractivity contribution in [2.75, 3.05) is 7.05 Å². The highest BCUT2D eigenvalue weighted by atomic mass is 79.9. The standard InChI is InChI=1S/C14H14BrNO2/c1-10-8-11(5-6-13(10)15)14(17)16(2)9-12-4-3-7-18-12/h3-8H,9H2,1-2H3. The molecule has 18 heavy (non-hydrogen) atoms. The van der Waals surface area contributed by atoms with Gasteiger partial charge in [-0.1, -0.05) is 15.9 Å². The number of carbonyl (C=O) groups is 1. The molecular formula is C14H14BrNO2. The van der Waals surface area contributed by atoms with Crippen LogP contribution < -0.4 is 0 Å². The van der Waals surface area contributed by atoms with E-state index in [1.807, 2.05) is 37.3 Å². The minimum absolute atomic E-state index is 0.0120. The molecule has 2 aromatic rings. The van der Waals surface area contributed by atoms with Crippen LogP contribution >= 0.6 is 15.9 Å². The second kappa shape index (κ2) is 5.40. The largest absolute Gasteiger partial charge is 0.467 e. The summed E-state index contributed by atoms with van der Waals surface area (Å²) >= 11 is 3.42. The molecule has 0 aliphatic carbocycles. The minimum Gasteiger partial charge on any atom is -0.467 e. The average molecular weight is 308 g/mol. The van der Waals surface area contributed by atoms with Crippen LogP contribution in [-0.2, 0) is 6.54 Å². The molecule has 0 atom stereocenters. The number of rotatable bonds is 3. The number of benzene rings is 1. The van der Waals surface area contributed by atoms with Crippen LogP contribution in [0.5, 0.6) is 0 Å². The van der Waals surface area contributed by atoms with Crippen molar-refractivity contribution in [3.8, 4) is 0 Å². The van der Waals surface area contributed by atoms with E-state index in [-0.39, 0.29) is 5.91 Å². The molecule has 1 aromatic heterocycles. The van der Waals surface area contributed by atoms with Crippen LogP contribution in [0.3, 0.4) is 0 Å². The van der Waals surface area contributed by atoms with Gasteiger partial charge in [0.1, 0.15) is 5.76 Å². The number of aryl methyl sites for hydroxylation is 1. The minimum atomic E-state index is -0.0120. The third kappa shape index (κ3) is 2.82. The van der Waals surface area contributed by atoms with Gasteiger partial charge in [-0.3, -0.25) is 4.79 Å². The summed E-state index contributed by atoms with van der Waals surface area (Å²) in [5.74, 6) is 0.765. The number of amides is 1. The van der Waals surface area contributed by atoms with Crippen molar-refractivity contribution in [1.82, 2.24) is 4.90 Å². The summed E-state index contributed by atoms with van der Waals surface area (Å²) in [5, 5.41) is 0. The molecule has 0 N–H and O–H groups in total. The highest BCUT2D eigenvalue weighted by Gasteiger charge is 2.13. The summed E-state index contributed by atoms with van der Waals surface area (Å²) in [4.78, 5) is 13.8. The van der Waals surface area contributed by atoms with Crippen LogP contribution in [0.1, 0.15) is 21.7 Å². The van der Waals surface area contributed by atoms with Crippen molar-refractivity contribution in [2.24, 2.45) is 0 Å². The Morgan fingerprint density at radius 1 is 1.39 bits per heavy atom. The average Bonchev–Trinajstić information content (AvgIpc) is 2.84. The molecule has 0 unspecified atom stereocenters. The van der Waals surface area contributed by atoms with Crippen LogP contribution in [0.15, 0.2) is 45.5 Å². The zero-order valence-corrected chi connectivity index (χ0v) is 11.9. The highest BCUT2D eigenvalue weighted by molar-refractivity contribution is 9.10. The molecule has 0 saturated heterocycles. The van der Waals surface area contributed by atoms with E-state index < -0.39 is 0 Å². The Balaban J connectivity index is 2.12. The van der Waals surface area contributed by atoms with Gasteiger partial charge in [-0.2, -0.15) is 0 Å². The molecule has 0 bridgehead atoms. The van der Waals surface area contributed by atoms with Crippen molar-refractivity contribution in [1.29, 1.82) is 0 Å². The first-order valence-corrected chi connectivity index (χ1v) is 6.41. The van der Waals surface area contributed by atoms with Gasteiger partial charge in [0, 0.05) is 17.1 Å². The van der Waals surface area contributed by atoms with Crippen LogP contribution in [-0.4, -0.2) is 17.9 Å². The fourth-order valence-corrected chi connectivity index (χ4v) is 1.95. The molecule has 94 valence electrons. The van der Waals surface area contributed by atoms with Gasteiger partial charge in [0.25, 0.3) is 5.91 Å². The molecule has 1 aromatic carbocycles. The topological polar surface area (TPSA) is 33.5 Å². The maximum Gasteiger partial charge on any atom is 0.254 e. The summed E-state index contributed by atoms with van der Waals surface area (Å²) in [6.45, 7) is 2.44. The molecule has 0 fully saturated rings. The van der Waals surface area contributed by atoms with Gasteiger partial charge in [-0.15, -0.1) is 0 Å².